The minimum Gasteiger partial charge on any atom is -0.349 e. The summed E-state index contributed by atoms with van der Waals surface area (Å²) in [5.41, 5.74) is 2.07. The first-order valence-electron chi connectivity index (χ1n) is 9.09. The van der Waals surface area contributed by atoms with E-state index in [0.717, 1.165) is 22.4 Å². The van der Waals surface area contributed by atoms with Gasteiger partial charge in [0, 0.05) is 16.6 Å². The number of benzene rings is 2. The molecule has 2 N–H and O–H groups in total. The first-order chi connectivity index (χ1) is 12.2. The zero-order chi connectivity index (χ0) is 17.1. The zero-order valence-electron chi connectivity index (χ0n) is 14.6. The number of rotatable bonds is 4. The standard InChI is InChI=1S/C21H24N4/c1-21(14-8-3-9-15-21)25-20-23-18-13-7-6-12-17(18)19(24-20)22-16-10-4-2-5-11-16/h2,4-7,10-13H,3,8-9,14-15H2,1H3,(H2,22,23,24,25). The number of nitrogens with zero attached hydrogens (tertiary/aromatic N) is 2. The molecule has 0 unspecified atom stereocenters. The number of nitrogens with one attached hydrogen (secondary N) is 2. The Hall–Kier alpha value is -2.62. The van der Waals surface area contributed by atoms with Crippen molar-refractivity contribution in [3.8, 4) is 0 Å². The smallest absolute Gasteiger partial charge is 0.225 e. The molecular formula is C21H24N4. The van der Waals surface area contributed by atoms with Gasteiger partial charge in [-0.3, -0.25) is 0 Å². The van der Waals surface area contributed by atoms with Crippen molar-refractivity contribution in [2.45, 2.75) is 44.6 Å². The van der Waals surface area contributed by atoms with Gasteiger partial charge >= 0.3 is 0 Å². The molecule has 0 saturated heterocycles. The SMILES string of the molecule is CC1(Nc2nc(Nc3ccccc3)c3ccccc3n2)CCCCC1. The molecule has 1 heterocycles. The predicted molar refractivity (Wildman–Crippen MR) is 104 cm³/mol. The van der Waals surface area contributed by atoms with Crippen molar-refractivity contribution in [1.29, 1.82) is 0 Å². The fourth-order valence-corrected chi connectivity index (χ4v) is 3.61. The van der Waals surface area contributed by atoms with E-state index in [1.165, 1.54) is 32.1 Å². The maximum Gasteiger partial charge on any atom is 0.225 e. The summed E-state index contributed by atoms with van der Waals surface area (Å²) in [6, 6.07) is 18.3. The lowest BCUT2D eigenvalue weighted by Crippen LogP contribution is -2.37. The van der Waals surface area contributed by atoms with E-state index in [4.69, 9.17) is 9.97 Å². The van der Waals surface area contributed by atoms with Crippen molar-refractivity contribution in [3.05, 3.63) is 54.6 Å². The van der Waals surface area contributed by atoms with Crippen LogP contribution >= 0.6 is 0 Å². The average molecular weight is 332 g/mol. The zero-order valence-corrected chi connectivity index (χ0v) is 14.6. The molecule has 1 aromatic heterocycles. The van der Waals surface area contributed by atoms with Crippen LogP contribution in [0.25, 0.3) is 10.9 Å². The van der Waals surface area contributed by atoms with Crippen molar-refractivity contribution in [2.75, 3.05) is 10.6 Å². The highest BCUT2D eigenvalue weighted by Gasteiger charge is 2.27. The second-order valence-corrected chi connectivity index (χ2v) is 7.15. The van der Waals surface area contributed by atoms with E-state index in [0.29, 0.717) is 5.95 Å². The van der Waals surface area contributed by atoms with Crippen molar-refractivity contribution >= 4 is 28.4 Å². The molecule has 0 radical (unpaired) electrons. The van der Waals surface area contributed by atoms with Crippen molar-refractivity contribution in [1.82, 2.24) is 9.97 Å². The summed E-state index contributed by atoms with van der Waals surface area (Å²) >= 11 is 0. The number of aromatic nitrogens is 2. The number of anilines is 3. The third-order valence-corrected chi connectivity index (χ3v) is 5.01. The van der Waals surface area contributed by atoms with Crippen LogP contribution in [0.1, 0.15) is 39.0 Å². The van der Waals surface area contributed by atoms with Gasteiger partial charge in [0.2, 0.25) is 5.95 Å². The number of hydrogen-bond acceptors (Lipinski definition) is 4. The molecule has 3 aromatic rings. The molecule has 0 amide bonds. The molecule has 0 spiro atoms. The first kappa shape index (κ1) is 15.9. The van der Waals surface area contributed by atoms with Crippen LogP contribution in [0.3, 0.4) is 0 Å². The fourth-order valence-electron chi connectivity index (χ4n) is 3.61. The molecule has 1 aliphatic carbocycles. The lowest BCUT2D eigenvalue weighted by molar-refractivity contribution is 0.347. The molecule has 2 aromatic carbocycles. The van der Waals surface area contributed by atoms with Crippen LogP contribution in [0.4, 0.5) is 17.5 Å². The first-order valence-corrected chi connectivity index (χ1v) is 9.09. The second-order valence-electron chi connectivity index (χ2n) is 7.15. The van der Waals surface area contributed by atoms with E-state index >= 15 is 0 Å². The van der Waals surface area contributed by atoms with Crippen LogP contribution in [0, 0.1) is 0 Å². The van der Waals surface area contributed by atoms with Gasteiger partial charge in [0.15, 0.2) is 0 Å². The Bertz CT molecular complexity index is 854. The summed E-state index contributed by atoms with van der Waals surface area (Å²) in [5, 5.41) is 8.09. The minimum atomic E-state index is 0.0880. The topological polar surface area (TPSA) is 49.8 Å². The maximum absolute atomic E-state index is 4.80. The number of hydrogen-bond donors (Lipinski definition) is 2. The summed E-state index contributed by atoms with van der Waals surface area (Å²) in [7, 11) is 0. The van der Waals surface area contributed by atoms with E-state index in [9.17, 15) is 0 Å². The van der Waals surface area contributed by atoms with E-state index in [1.807, 2.05) is 48.5 Å². The van der Waals surface area contributed by atoms with Crippen molar-refractivity contribution in [2.24, 2.45) is 0 Å². The Morgan fingerprint density at radius 3 is 2.36 bits per heavy atom. The Kier molecular flexibility index (Phi) is 4.26. The van der Waals surface area contributed by atoms with Gasteiger partial charge in [0.25, 0.3) is 0 Å². The quantitative estimate of drug-likeness (QED) is 0.661. The van der Waals surface area contributed by atoms with Crippen LogP contribution in [-0.2, 0) is 0 Å². The highest BCUT2D eigenvalue weighted by molar-refractivity contribution is 5.91. The van der Waals surface area contributed by atoms with Crippen molar-refractivity contribution < 1.29 is 0 Å². The van der Waals surface area contributed by atoms with Gasteiger partial charge in [-0.15, -0.1) is 0 Å². The molecule has 4 nitrogen and oxygen atoms in total. The maximum atomic E-state index is 4.80. The lowest BCUT2D eigenvalue weighted by Gasteiger charge is -2.34. The Morgan fingerprint density at radius 1 is 0.840 bits per heavy atom. The Morgan fingerprint density at radius 2 is 1.56 bits per heavy atom. The fraction of sp³-hybridized carbons (Fsp3) is 0.333. The normalized spacial score (nSPS) is 16.5. The van der Waals surface area contributed by atoms with Crippen LogP contribution in [0.5, 0.6) is 0 Å². The summed E-state index contributed by atoms with van der Waals surface area (Å²) < 4.78 is 0. The summed E-state index contributed by atoms with van der Waals surface area (Å²) in [5.74, 6) is 1.56. The van der Waals surface area contributed by atoms with E-state index < -0.39 is 0 Å². The highest BCUT2D eigenvalue weighted by atomic mass is 15.2. The molecule has 128 valence electrons. The molecular weight excluding hydrogens is 308 g/mol. The third-order valence-electron chi connectivity index (χ3n) is 5.01. The van der Waals surface area contributed by atoms with Crippen molar-refractivity contribution in [3.63, 3.8) is 0 Å². The van der Waals surface area contributed by atoms with E-state index in [2.05, 4.69) is 23.6 Å². The predicted octanol–water partition coefficient (Wildman–Crippen LogP) is 5.51. The molecule has 1 saturated carbocycles. The molecule has 1 aliphatic rings. The largest absolute Gasteiger partial charge is 0.349 e. The van der Waals surface area contributed by atoms with Crippen LogP contribution in [0.15, 0.2) is 54.6 Å². The highest BCUT2D eigenvalue weighted by Crippen LogP contribution is 2.32. The summed E-state index contributed by atoms with van der Waals surface area (Å²) in [6.45, 7) is 2.29. The molecule has 0 atom stereocenters. The molecule has 0 bridgehead atoms. The van der Waals surface area contributed by atoms with Crippen LogP contribution < -0.4 is 10.6 Å². The van der Waals surface area contributed by atoms with Gasteiger partial charge in [0.05, 0.1) is 5.52 Å². The number of fused-ring (bicyclic) bond motifs is 1. The molecule has 1 fully saturated rings. The van der Waals surface area contributed by atoms with Gasteiger partial charge in [-0.25, -0.2) is 4.98 Å². The van der Waals surface area contributed by atoms with Gasteiger partial charge in [0.1, 0.15) is 5.82 Å². The average Bonchev–Trinajstić information content (AvgIpc) is 2.63. The van der Waals surface area contributed by atoms with Crippen LogP contribution in [0.2, 0.25) is 0 Å². The lowest BCUT2D eigenvalue weighted by atomic mass is 9.83. The molecule has 25 heavy (non-hydrogen) atoms. The number of para-hydroxylation sites is 2. The Balaban J connectivity index is 1.70. The Labute approximate surface area is 148 Å². The van der Waals surface area contributed by atoms with E-state index in [1.54, 1.807) is 0 Å². The van der Waals surface area contributed by atoms with E-state index in [-0.39, 0.29) is 5.54 Å². The van der Waals surface area contributed by atoms with Gasteiger partial charge in [-0.05, 0) is 44.0 Å². The van der Waals surface area contributed by atoms with Crippen LogP contribution in [-0.4, -0.2) is 15.5 Å². The molecule has 4 rings (SSSR count). The molecule has 4 heteroatoms. The van der Waals surface area contributed by atoms with Gasteiger partial charge < -0.3 is 10.6 Å². The van der Waals surface area contributed by atoms with Gasteiger partial charge in [-0.2, -0.15) is 4.98 Å². The minimum absolute atomic E-state index is 0.0880. The monoisotopic (exact) mass is 332 g/mol. The molecule has 0 aliphatic heterocycles. The second kappa shape index (κ2) is 6.71. The van der Waals surface area contributed by atoms with Gasteiger partial charge in [-0.1, -0.05) is 49.6 Å². The third kappa shape index (κ3) is 3.58. The summed E-state index contributed by atoms with van der Waals surface area (Å²) in [6.07, 6.45) is 6.21. The summed E-state index contributed by atoms with van der Waals surface area (Å²) in [4.78, 5) is 9.56.